The molecule has 98 valence electrons. The van der Waals surface area contributed by atoms with E-state index in [-0.39, 0.29) is 0 Å². The van der Waals surface area contributed by atoms with Gasteiger partial charge < -0.3 is 10.6 Å². The van der Waals surface area contributed by atoms with Crippen molar-refractivity contribution in [2.45, 2.75) is 6.54 Å². The molecule has 2 rings (SSSR count). The van der Waals surface area contributed by atoms with Crippen LogP contribution in [0.5, 0.6) is 0 Å². The third-order valence-corrected chi connectivity index (χ3v) is 3.61. The highest BCUT2D eigenvalue weighted by Crippen LogP contribution is 2.25. The van der Waals surface area contributed by atoms with Crippen molar-refractivity contribution >= 4 is 38.8 Å². The number of hydrogen-bond donors (Lipinski definition) is 1. The molecule has 2 aromatic rings. The summed E-state index contributed by atoms with van der Waals surface area (Å²) in [5.74, 6) is 0. The number of thiocarbonyl (C=S) groups is 1. The molecule has 0 unspecified atom stereocenters. The molecule has 4 heteroatoms. The van der Waals surface area contributed by atoms with Crippen LogP contribution in [0.4, 0.5) is 5.69 Å². The molecule has 0 atom stereocenters. The summed E-state index contributed by atoms with van der Waals surface area (Å²) < 4.78 is 1.02. The van der Waals surface area contributed by atoms with Gasteiger partial charge in [-0.2, -0.15) is 0 Å². The standard InChI is InChI=1S/C15H15BrN2S/c1-18(10-11-5-3-2-4-6-11)14-9-12(16)7-8-13(14)15(17)19/h2-9H,10H2,1H3,(H2,17,19). The van der Waals surface area contributed by atoms with E-state index in [0.717, 1.165) is 22.3 Å². The number of nitrogens with two attached hydrogens (primary N) is 1. The van der Waals surface area contributed by atoms with Crippen molar-refractivity contribution in [2.24, 2.45) is 5.73 Å². The predicted molar refractivity (Wildman–Crippen MR) is 88.6 cm³/mol. The fraction of sp³-hybridized carbons (Fsp3) is 0.133. The molecule has 0 bridgehead atoms. The maximum Gasteiger partial charge on any atom is 0.106 e. The molecule has 0 radical (unpaired) electrons. The lowest BCUT2D eigenvalue weighted by Crippen LogP contribution is -2.21. The van der Waals surface area contributed by atoms with E-state index in [2.05, 4.69) is 33.0 Å². The Kier molecular flexibility index (Phi) is 4.56. The normalized spacial score (nSPS) is 10.2. The lowest BCUT2D eigenvalue weighted by Gasteiger charge is -2.22. The maximum atomic E-state index is 5.79. The first kappa shape index (κ1) is 14.0. The summed E-state index contributed by atoms with van der Waals surface area (Å²) in [6.07, 6.45) is 0. The zero-order valence-corrected chi connectivity index (χ0v) is 13.0. The zero-order chi connectivity index (χ0) is 13.8. The monoisotopic (exact) mass is 334 g/mol. The Morgan fingerprint density at radius 2 is 1.89 bits per heavy atom. The molecule has 2 nitrogen and oxygen atoms in total. The minimum atomic E-state index is 0.419. The highest BCUT2D eigenvalue weighted by Gasteiger charge is 2.10. The van der Waals surface area contributed by atoms with Crippen molar-refractivity contribution in [3.8, 4) is 0 Å². The molecular weight excluding hydrogens is 320 g/mol. The molecule has 0 spiro atoms. The minimum Gasteiger partial charge on any atom is -0.389 e. The van der Waals surface area contributed by atoms with Crippen LogP contribution in [-0.2, 0) is 6.54 Å². The summed E-state index contributed by atoms with van der Waals surface area (Å²) in [6, 6.07) is 16.2. The van der Waals surface area contributed by atoms with Gasteiger partial charge in [0.05, 0.1) is 0 Å². The van der Waals surface area contributed by atoms with Crippen LogP contribution in [0.15, 0.2) is 53.0 Å². The summed E-state index contributed by atoms with van der Waals surface area (Å²) in [6.45, 7) is 0.812. The van der Waals surface area contributed by atoms with Crippen LogP contribution in [0.3, 0.4) is 0 Å². The number of anilines is 1. The van der Waals surface area contributed by atoms with Gasteiger partial charge in [0.2, 0.25) is 0 Å². The first-order valence-corrected chi connectivity index (χ1v) is 7.12. The molecule has 0 aromatic heterocycles. The molecule has 0 amide bonds. The lowest BCUT2D eigenvalue weighted by atomic mass is 10.1. The van der Waals surface area contributed by atoms with E-state index >= 15 is 0 Å². The van der Waals surface area contributed by atoms with Crippen LogP contribution in [0.1, 0.15) is 11.1 Å². The van der Waals surface area contributed by atoms with Gasteiger partial charge in [0.25, 0.3) is 0 Å². The van der Waals surface area contributed by atoms with Crippen LogP contribution >= 0.6 is 28.1 Å². The third kappa shape index (κ3) is 3.55. The number of benzene rings is 2. The van der Waals surface area contributed by atoms with Gasteiger partial charge in [-0.3, -0.25) is 0 Å². The molecule has 0 saturated heterocycles. The van der Waals surface area contributed by atoms with Gasteiger partial charge in [0.15, 0.2) is 0 Å². The van der Waals surface area contributed by atoms with Crippen molar-refractivity contribution in [1.82, 2.24) is 0 Å². The van der Waals surface area contributed by atoms with E-state index in [1.807, 2.05) is 43.4 Å². The molecule has 19 heavy (non-hydrogen) atoms. The molecule has 0 aliphatic heterocycles. The van der Waals surface area contributed by atoms with Crippen molar-refractivity contribution in [3.63, 3.8) is 0 Å². The van der Waals surface area contributed by atoms with Gasteiger partial charge in [-0.1, -0.05) is 58.5 Å². The topological polar surface area (TPSA) is 29.3 Å². The predicted octanol–water partition coefficient (Wildman–Crippen LogP) is 3.72. The van der Waals surface area contributed by atoms with Crippen molar-refractivity contribution in [1.29, 1.82) is 0 Å². The van der Waals surface area contributed by atoms with E-state index in [1.165, 1.54) is 5.56 Å². The van der Waals surface area contributed by atoms with E-state index in [1.54, 1.807) is 0 Å². The summed E-state index contributed by atoms with van der Waals surface area (Å²) in [4.78, 5) is 2.57. The number of rotatable bonds is 4. The molecule has 0 aliphatic carbocycles. The van der Waals surface area contributed by atoms with Crippen LogP contribution < -0.4 is 10.6 Å². The zero-order valence-electron chi connectivity index (χ0n) is 10.6. The fourth-order valence-electron chi connectivity index (χ4n) is 1.97. The van der Waals surface area contributed by atoms with Gasteiger partial charge in [0.1, 0.15) is 4.99 Å². The molecule has 0 saturated carbocycles. The number of halogens is 1. The summed E-state index contributed by atoms with van der Waals surface area (Å²) in [5, 5.41) is 0. The molecule has 0 aliphatic rings. The largest absolute Gasteiger partial charge is 0.389 e. The van der Waals surface area contributed by atoms with Gasteiger partial charge in [0, 0.05) is 29.3 Å². The Labute approximate surface area is 127 Å². The molecule has 2 aromatic carbocycles. The minimum absolute atomic E-state index is 0.419. The van der Waals surface area contributed by atoms with Crippen LogP contribution in [0, 0.1) is 0 Å². The van der Waals surface area contributed by atoms with Crippen LogP contribution in [0.25, 0.3) is 0 Å². The Bertz CT molecular complexity index is 584. The summed E-state index contributed by atoms with van der Waals surface area (Å²) >= 11 is 8.60. The summed E-state index contributed by atoms with van der Waals surface area (Å²) in [7, 11) is 2.04. The van der Waals surface area contributed by atoms with Gasteiger partial charge in [-0.25, -0.2) is 0 Å². The molecule has 2 N–H and O–H groups in total. The first-order valence-electron chi connectivity index (χ1n) is 5.92. The lowest BCUT2D eigenvalue weighted by molar-refractivity contribution is 0.921. The molecule has 0 fully saturated rings. The molecule has 0 heterocycles. The van der Waals surface area contributed by atoms with Crippen LogP contribution in [-0.4, -0.2) is 12.0 Å². The van der Waals surface area contributed by atoms with E-state index < -0.39 is 0 Å². The quantitative estimate of drug-likeness (QED) is 0.864. The second kappa shape index (κ2) is 6.17. The number of hydrogen-bond acceptors (Lipinski definition) is 2. The van der Waals surface area contributed by atoms with Crippen molar-refractivity contribution in [3.05, 3.63) is 64.1 Å². The third-order valence-electron chi connectivity index (χ3n) is 2.90. The van der Waals surface area contributed by atoms with E-state index in [9.17, 15) is 0 Å². The van der Waals surface area contributed by atoms with Crippen LogP contribution in [0.2, 0.25) is 0 Å². The Morgan fingerprint density at radius 3 is 2.53 bits per heavy atom. The maximum absolute atomic E-state index is 5.79. The summed E-state index contributed by atoms with van der Waals surface area (Å²) in [5.41, 5.74) is 8.97. The van der Waals surface area contributed by atoms with E-state index in [0.29, 0.717) is 4.99 Å². The van der Waals surface area contributed by atoms with Gasteiger partial charge >= 0.3 is 0 Å². The Balaban J connectivity index is 2.30. The highest BCUT2D eigenvalue weighted by atomic mass is 79.9. The van der Waals surface area contributed by atoms with Gasteiger partial charge in [-0.05, 0) is 23.8 Å². The first-order chi connectivity index (χ1) is 9.08. The molecular formula is C15H15BrN2S. The SMILES string of the molecule is CN(Cc1ccccc1)c1cc(Br)ccc1C(N)=S. The highest BCUT2D eigenvalue weighted by molar-refractivity contribution is 9.10. The number of nitrogens with zero attached hydrogens (tertiary/aromatic N) is 1. The van der Waals surface area contributed by atoms with E-state index in [4.69, 9.17) is 18.0 Å². The van der Waals surface area contributed by atoms with Crippen molar-refractivity contribution in [2.75, 3.05) is 11.9 Å². The average molecular weight is 335 g/mol. The second-order valence-electron chi connectivity index (χ2n) is 4.37. The second-order valence-corrected chi connectivity index (χ2v) is 5.72. The smallest absolute Gasteiger partial charge is 0.106 e. The Hall–Kier alpha value is -1.39. The van der Waals surface area contributed by atoms with Crippen molar-refractivity contribution < 1.29 is 0 Å². The Morgan fingerprint density at radius 1 is 1.21 bits per heavy atom. The fourth-order valence-corrected chi connectivity index (χ4v) is 2.49. The average Bonchev–Trinajstić information content (AvgIpc) is 2.39. The van der Waals surface area contributed by atoms with Gasteiger partial charge in [-0.15, -0.1) is 0 Å².